The first-order valence-corrected chi connectivity index (χ1v) is 3.81. The number of carboxylic acid groups (broad SMARTS) is 1. The van der Waals surface area contributed by atoms with Crippen LogP contribution in [0.1, 0.15) is 12.8 Å². The lowest BCUT2D eigenvalue weighted by Crippen LogP contribution is -2.29. The van der Waals surface area contributed by atoms with E-state index in [9.17, 15) is 13.6 Å². The number of alkyl halides is 2. The fourth-order valence-electron chi connectivity index (χ4n) is 1.82. The molecule has 0 amide bonds. The van der Waals surface area contributed by atoms with Gasteiger partial charge in [0.25, 0.3) is 5.92 Å². The lowest BCUT2D eigenvalue weighted by molar-refractivity contribution is -0.139. The lowest BCUT2D eigenvalue weighted by Gasteiger charge is -2.04. The van der Waals surface area contributed by atoms with Crippen LogP contribution >= 0.6 is 12.4 Å². The summed E-state index contributed by atoms with van der Waals surface area (Å²) in [5, 5.41) is 11.1. The first kappa shape index (κ1) is 10.7. The fraction of sp³-hybridized carbons (Fsp3) is 0.857. The predicted molar refractivity (Wildman–Crippen MR) is 43.3 cm³/mol. The highest BCUT2D eigenvalue weighted by Gasteiger charge is 2.73. The third kappa shape index (κ3) is 1.40. The van der Waals surface area contributed by atoms with E-state index in [0.717, 1.165) is 0 Å². The first-order valence-electron chi connectivity index (χ1n) is 3.81. The summed E-state index contributed by atoms with van der Waals surface area (Å²) in [5.74, 6) is -3.67. The first-order chi connectivity index (χ1) is 5.47. The Morgan fingerprint density at radius 3 is 2.31 bits per heavy atom. The third-order valence-corrected chi connectivity index (χ3v) is 2.79. The molecule has 1 spiro atoms. The molecule has 2 aliphatic rings. The smallest absolute Gasteiger partial charge is 0.320 e. The van der Waals surface area contributed by atoms with Gasteiger partial charge in [-0.2, -0.15) is 0 Å². The second-order valence-corrected chi connectivity index (χ2v) is 3.64. The van der Waals surface area contributed by atoms with Crippen LogP contribution in [-0.4, -0.2) is 29.6 Å². The number of aliphatic carboxylic acids is 1. The summed E-state index contributed by atoms with van der Waals surface area (Å²) < 4.78 is 25.4. The standard InChI is InChI=1S/C7H9F2NO2.ClH/c8-7(9)2-6(7)1-4(5(11)12)10-3-6;/h4,10H,1-3H2,(H,11,12);1H/t4-,6?;/m0./s1. The van der Waals surface area contributed by atoms with Crippen LogP contribution in [-0.2, 0) is 4.79 Å². The number of nitrogens with one attached hydrogen (secondary N) is 1. The van der Waals surface area contributed by atoms with Crippen molar-refractivity contribution in [1.82, 2.24) is 5.32 Å². The van der Waals surface area contributed by atoms with Gasteiger partial charge in [0, 0.05) is 13.0 Å². The molecular formula is C7H10ClF2NO2. The van der Waals surface area contributed by atoms with E-state index in [1.807, 2.05) is 0 Å². The maximum Gasteiger partial charge on any atom is 0.320 e. The highest BCUT2D eigenvalue weighted by molar-refractivity contribution is 5.85. The zero-order valence-corrected chi connectivity index (χ0v) is 7.53. The molecule has 13 heavy (non-hydrogen) atoms. The maximum atomic E-state index is 12.7. The molecular weight excluding hydrogens is 204 g/mol. The number of hydrogen-bond donors (Lipinski definition) is 2. The number of carboxylic acids is 1. The van der Waals surface area contributed by atoms with Crippen LogP contribution in [0, 0.1) is 5.41 Å². The molecule has 0 radical (unpaired) electrons. The van der Waals surface area contributed by atoms with Crippen molar-refractivity contribution in [2.75, 3.05) is 6.54 Å². The Hall–Kier alpha value is -0.420. The van der Waals surface area contributed by atoms with E-state index in [-0.39, 0.29) is 31.8 Å². The second kappa shape index (κ2) is 2.78. The van der Waals surface area contributed by atoms with Crippen LogP contribution in [0.5, 0.6) is 0 Å². The minimum atomic E-state index is -2.63. The van der Waals surface area contributed by atoms with E-state index in [1.54, 1.807) is 0 Å². The molecule has 1 saturated heterocycles. The topological polar surface area (TPSA) is 49.3 Å². The van der Waals surface area contributed by atoms with E-state index in [0.29, 0.717) is 0 Å². The number of halogens is 3. The van der Waals surface area contributed by atoms with Gasteiger partial charge in [-0.05, 0) is 6.42 Å². The molecule has 76 valence electrons. The maximum absolute atomic E-state index is 12.7. The summed E-state index contributed by atoms with van der Waals surface area (Å²) in [7, 11) is 0. The summed E-state index contributed by atoms with van der Waals surface area (Å²) in [6, 6.07) is -0.779. The Morgan fingerprint density at radius 1 is 1.54 bits per heavy atom. The monoisotopic (exact) mass is 213 g/mol. The molecule has 3 nitrogen and oxygen atoms in total. The van der Waals surface area contributed by atoms with Crippen molar-refractivity contribution in [2.45, 2.75) is 24.8 Å². The SMILES string of the molecule is Cl.O=C(O)[C@@H]1CC2(CN1)CC2(F)F. The van der Waals surface area contributed by atoms with Gasteiger partial charge >= 0.3 is 5.97 Å². The number of rotatable bonds is 1. The van der Waals surface area contributed by atoms with Crippen molar-refractivity contribution in [3.05, 3.63) is 0 Å². The van der Waals surface area contributed by atoms with E-state index >= 15 is 0 Å². The van der Waals surface area contributed by atoms with Crippen molar-refractivity contribution in [2.24, 2.45) is 5.41 Å². The van der Waals surface area contributed by atoms with Crippen molar-refractivity contribution < 1.29 is 18.7 Å². The Labute approximate surface area is 79.9 Å². The molecule has 1 aliphatic carbocycles. The van der Waals surface area contributed by atoms with Crippen LogP contribution in [0.4, 0.5) is 8.78 Å². The average Bonchev–Trinajstić information content (AvgIpc) is 2.38. The van der Waals surface area contributed by atoms with Gasteiger partial charge in [-0.25, -0.2) is 8.78 Å². The van der Waals surface area contributed by atoms with Crippen LogP contribution in [0.25, 0.3) is 0 Å². The molecule has 0 aromatic rings. The summed E-state index contributed by atoms with van der Waals surface area (Å²) in [4.78, 5) is 10.4. The normalized spacial score (nSPS) is 40.0. The molecule has 2 atom stereocenters. The Bertz CT molecular complexity index is 249. The molecule has 1 heterocycles. The highest BCUT2D eigenvalue weighted by Crippen LogP contribution is 2.64. The van der Waals surface area contributed by atoms with Gasteiger partial charge in [0.15, 0.2) is 0 Å². The Morgan fingerprint density at radius 2 is 2.08 bits per heavy atom. The van der Waals surface area contributed by atoms with Gasteiger partial charge in [0.2, 0.25) is 0 Å². The Balaban J connectivity index is 0.000000845. The van der Waals surface area contributed by atoms with Crippen LogP contribution < -0.4 is 5.32 Å². The molecule has 1 saturated carbocycles. The van der Waals surface area contributed by atoms with Crippen molar-refractivity contribution >= 4 is 18.4 Å². The molecule has 0 aromatic carbocycles. The Kier molecular flexibility index (Phi) is 2.28. The number of carbonyl (C=O) groups is 1. The molecule has 0 bridgehead atoms. The second-order valence-electron chi connectivity index (χ2n) is 3.64. The van der Waals surface area contributed by atoms with Gasteiger partial charge in [-0.1, -0.05) is 0 Å². The fourth-order valence-corrected chi connectivity index (χ4v) is 1.82. The van der Waals surface area contributed by atoms with E-state index in [2.05, 4.69) is 5.32 Å². The van der Waals surface area contributed by atoms with Crippen molar-refractivity contribution in [3.63, 3.8) is 0 Å². The summed E-state index contributed by atoms with van der Waals surface area (Å²) in [6.07, 6.45) is -0.0912. The van der Waals surface area contributed by atoms with Crippen LogP contribution in [0.15, 0.2) is 0 Å². The molecule has 1 aliphatic heterocycles. The van der Waals surface area contributed by atoms with Gasteiger partial charge in [0.05, 0.1) is 5.41 Å². The molecule has 6 heteroatoms. The molecule has 0 aromatic heterocycles. The van der Waals surface area contributed by atoms with Gasteiger partial charge in [0.1, 0.15) is 6.04 Å². The zero-order chi connectivity index (χ0) is 8.98. The average molecular weight is 214 g/mol. The van der Waals surface area contributed by atoms with E-state index < -0.39 is 23.3 Å². The zero-order valence-electron chi connectivity index (χ0n) is 6.72. The highest BCUT2D eigenvalue weighted by atomic mass is 35.5. The molecule has 2 N–H and O–H groups in total. The minimum absolute atomic E-state index is 0. The van der Waals surface area contributed by atoms with Gasteiger partial charge in [-0.3, -0.25) is 4.79 Å². The van der Waals surface area contributed by atoms with Crippen molar-refractivity contribution in [3.8, 4) is 0 Å². The lowest BCUT2D eigenvalue weighted by atomic mass is 10.0. The molecule has 2 rings (SSSR count). The summed E-state index contributed by atoms with van der Waals surface area (Å²) in [6.45, 7) is 0.136. The molecule has 1 unspecified atom stereocenters. The van der Waals surface area contributed by atoms with E-state index in [1.165, 1.54) is 0 Å². The summed E-state index contributed by atoms with van der Waals surface area (Å²) in [5.41, 5.74) is -1.03. The third-order valence-electron chi connectivity index (χ3n) is 2.79. The molecule has 2 fully saturated rings. The van der Waals surface area contributed by atoms with Gasteiger partial charge < -0.3 is 10.4 Å². The predicted octanol–water partition coefficient (Wildman–Crippen LogP) is 0.880. The minimum Gasteiger partial charge on any atom is -0.480 e. The number of hydrogen-bond acceptors (Lipinski definition) is 2. The quantitative estimate of drug-likeness (QED) is 0.680. The van der Waals surface area contributed by atoms with Gasteiger partial charge in [-0.15, -0.1) is 12.4 Å². The largest absolute Gasteiger partial charge is 0.480 e. The van der Waals surface area contributed by atoms with Crippen LogP contribution in [0.2, 0.25) is 0 Å². The summed E-state index contributed by atoms with van der Waals surface area (Å²) >= 11 is 0. The van der Waals surface area contributed by atoms with E-state index in [4.69, 9.17) is 5.11 Å². The van der Waals surface area contributed by atoms with Crippen LogP contribution in [0.3, 0.4) is 0 Å². The van der Waals surface area contributed by atoms with Crippen molar-refractivity contribution in [1.29, 1.82) is 0 Å².